The van der Waals surface area contributed by atoms with Gasteiger partial charge >= 0.3 is 5.97 Å². The van der Waals surface area contributed by atoms with E-state index in [-0.39, 0.29) is 0 Å². The molecule has 0 aliphatic rings. The number of carbonyl (C=O) groups excluding carboxylic acids is 1. The van der Waals surface area contributed by atoms with Crippen molar-refractivity contribution in [2.75, 3.05) is 5.32 Å². The highest BCUT2D eigenvalue weighted by atomic mass is 35.5. The number of aryl methyl sites for hydroxylation is 1. The van der Waals surface area contributed by atoms with Crippen LogP contribution in [0.2, 0.25) is 5.02 Å². The first-order chi connectivity index (χ1) is 8.62. The second-order valence-corrected chi connectivity index (χ2v) is 6.00. The largest absolute Gasteiger partial charge is 0.481 e. The van der Waals surface area contributed by atoms with E-state index >= 15 is 0 Å². The Bertz CT molecular complexity index is 506. The van der Waals surface area contributed by atoms with Crippen molar-refractivity contribution in [3.63, 3.8) is 0 Å². The number of rotatable bonds is 3. The molecule has 0 fully saturated rings. The third-order valence-corrected chi connectivity index (χ3v) is 3.22. The predicted octanol–water partition coefficient (Wildman–Crippen LogP) is 3.33. The van der Waals surface area contributed by atoms with Gasteiger partial charge in [-0.1, -0.05) is 38.4 Å². The number of amides is 1. The molecule has 0 spiro atoms. The highest BCUT2D eigenvalue weighted by molar-refractivity contribution is 6.31. The summed E-state index contributed by atoms with van der Waals surface area (Å²) in [6.45, 7) is 7.00. The van der Waals surface area contributed by atoms with Gasteiger partial charge in [-0.25, -0.2) is 0 Å². The van der Waals surface area contributed by atoms with Gasteiger partial charge in [0.15, 0.2) is 0 Å². The van der Waals surface area contributed by atoms with Crippen LogP contribution >= 0.6 is 11.6 Å². The lowest BCUT2D eigenvalue weighted by atomic mass is 9.80. The molecule has 2 N–H and O–H groups in total. The fourth-order valence-corrected chi connectivity index (χ4v) is 1.94. The molecule has 0 saturated carbocycles. The van der Waals surface area contributed by atoms with Crippen molar-refractivity contribution in [1.82, 2.24) is 0 Å². The molecule has 0 heterocycles. The summed E-state index contributed by atoms with van der Waals surface area (Å²) in [4.78, 5) is 23.3. The van der Waals surface area contributed by atoms with Crippen LogP contribution in [0.3, 0.4) is 0 Å². The molecule has 1 atom stereocenters. The lowest BCUT2D eigenvalue weighted by Crippen LogP contribution is -2.39. The average Bonchev–Trinajstić information content (AvgIpc) is 2.20. The molecule has 0 bridgehead atoms. The summed E-state index contributed by atoms with van der Waals surface area (Å²) in [6.07, 6.45) is 0. The SMILES string of the molecule is Cc1ccc(NC(=O)C(C(=O)O)C(C)(C)C)cc1Cl. The number of hydrogen-bond acceptors (Lipinski definition) is 2. The van der Waals surface area contributed by atoms with Crippen LogP contribution in [0.25, 0.3) is 0 Å². The van der Waals surface area contributed by atoms with Crippen molar-refractivity contribution in [1.29, 1.82) is 0 Å². The minimum atomic E-state index is -1.14. The normalized spacial score (nSPS) is 12.9. The first kappa shape index (κ1) is 15.5. The number of benzene rings is 1. The Labute approximate surface area is 117 Å². The summed E-state index contributed by atoms with van der Waals surface area (Å²) in [7, 11) is 0. The maximum atomic E-state index is 12.1. The van der Waals surface area contributed by atoms with Gasteiger partial charge in [0.2, 0.25) is 5.91 Å². The van der Waals surface area contributed by atoms with Crippen LogP contribution in [0.15, 0.2) is 18.2 Å². The molecular weight excluding hydrogens is 266 g/mol. The van der Waals surface area contributed by atoms with Gasteiger partial charge in [-0.3, -0.25) is 9.59 Å². The monoisotopic (exact) mass is 283 g/mol. The molecule has 0 aliphatic carbocycles. The van der Waals surface area contributed by atoms with E-state index < -0.39 is 23.2 Å². The van der Waals surface area contributed by atoms with Gasteiger partial charge in [-0.15, -0.1) is 0 Å². The third kappa shape index (κ3) is 3.96. The molecule has 0 radical (unpaired) electrons. The highest BCUT2D eigenvalue weighted by Crippen LogP contribution is 2.28. The van der Waals surface area contributed by atoms with Crippen molar-refractivity contribution in [2.45, 2.75) is 27.7 Å². The number of nitrogens with one attached hydrogen (secondary N) is 1. The van der Waals surface area contributed by atoms with Crippen molar-refractivity contribution < 1.29 is 14.7 Å². The smallest absolute Gasteiger partial charge is 0.316 e. The number of carbonyl (C=O) groups is 2. The Kier molecular flexibility index (Phi) is 4.58. The van der Waals surface area contributed by atoms with Crippen LogP contribution in [-0.2, 0) is 9.59 Å². The van der Waals surface area contributed by atoms with Crippen LogP contribution in [0.1, 0.15) is 26.3 Å². The maximum Gasteiger partial charge on any atom is 0.316 e. The van der Waals surface area contributed by atoms with Crippen LogP contribution in [-0.4, -0.2) is 17.0 Å². The van der Waals surface area contributed by atoms with E-state index in [1.807, 2.05) is 6.92 Å². The van der Waals surface area contributed by atoms with Gasteiger partial charge in [-0.2, -0.15) is 0 Å². The molecule has 5 heteroatoms. The van der Waals surface area contributed by atoms with E-state index in [4.69, 9.17) is 16.7 Å². The lowest BCUT2D eigenvalue weighted by Gasteiger charge is -2.25. The van der Waals surface area contributed by atoms with Gasteiger partial charge in [0, 0.05) is 10.7 Å². The zero-order valence-electron chi connectivity index (χ0n) is 11.5. The van der Waals surface area contributed by atoms with Gasteiger partial charge in [0.25, 0.3) is 0 Å². The molecule has 1 amide bonds. The Hall–Kier alpha value is -1.55. The Balaban J connectivity index is 2.94. The maximum absolute atomic E-state index is 12.1. The molecule has 1 rings (SSSR count). The summed E-state index contributed by atoms with van der Waals surface area (Å²) in [5.41, 5.74) is 0.728. The molecule has 4 nitrogen and oxygen atoms in total. The van der Waals surface area contributed by atoms with Gasteiger partial charge in [-0.05, 0) is 30.0 Å². The molecule has 19 heavy (non-hydrogen) atoms. The summed E-state index contributed by atoms with van der Waals surface area (Å²) >= 11 is 5.96. The van der Waals surface area contributed by atoms with E-state index in [1.165, 1.54) is 0 Å². The molecule has 1 aromatic carbocycles. The van der Waals surface area contributed by atoms with Crippen LogP contribution in [0.4, 0.5) is 5.69 Å². The second-order valence-electron chi connectivity index (χ2n) is 5.59. The van der Waals surface area contributed by atoms with E-state index in [9.17, 15) is 9.59 Å². The van der Waals surface area contributed by atoms with Gasteiger partial charge in [0.1, 0.15) is 5.92 Å². The molecular formula is C14H18ClNO3. The van der Waals surface area contributed by atoms with Crippen LogP contribution in [0.5, 0.6) is 0 Å². The Morgan fingerprint density at radius 2 is 1.89 bits per heavy atom. The zero-order chi connectivity index (χ0) is 14.8. The summed E-state index contributed by atoms with van der Waals surface area (Å²) in [5, 5.41) is 12.3. The van der Waals surface area contributed by atoms with Crippen LogP contribution < -0.4 is 5.32 Å². The van der Waals surface area contributed by atoms with E-state index in [1.54, 1.807) is 39.0 Å². The van der Waals surface area contributed by atoms with E-state index in [2.05, 4.69) is 5.32 Å². The number of aliphatic carboxylic acids is 1. The number of hydrogen-bond donors (Lipinski definition) is 2. The van der Waals surface area contributed by atoms with Crippen molar-refractivity contribution in [3.8, 4) is 0 Å². The Morgan fingerprint density at radius 1 is 1.32 bits per heavy atom. The highest BCUT2D eigenvalue weighted by Gasteiger charge is 2.37. The average molecular weight is 284 g/mol. The standard InChI is InChI=1S/C14H18ClNO3/c1-8-5-6-9(7-10(8)15)16-12(17)11(13(18)19)14(2,3)4/h5-7,11H,1-4H3,(H,16,17)(H,18,19). The molecule has 1 aromatic rings. The fraction of sp³-hybridized carbons (Fsp3) is 0.429. The van der Waals surface area contributed by atoms with Crippen molar-refractivity contribution >= 4 is 29.2 Å². The fourth-order valence-electron chi connectivity index (χ4n) is 1.76. The lowest BCUT2D eigenvalue weighted by molar-refractivity contribution is -0.149. The van der Waals surface area contributed by atoms with Crippen molar-refractivity contribution in [2.24, 2.45) is 11.3 Å². The number of carboxylic acids is 1. The minimum absolute atomic E-state index is 0.496. The molecule has 104 valence electrons. The van der Waals surface area contributed by atoms with Crippen molar-refractivity contribution in [3.05, 3.63) is 28.8 Å². The topological polar surface area (TPSA) is 66.4 Å². The molecule has 0 aromatic heterocycles. The number of halogens is 1. The van der Waals surface area contributed by atoms with Crippen LogP contribution in [0, 0.1) is 18.3 Å². The van der Waals surface area contributed by atoms with Gasteiger partial charge in [0.05, 0.1) is 0 Å². The summed E-state index contributed by atoms with van der Waals surface area (Å²) < 4.78 is 0. The van der Waals surface area contributed by atoms with Gasteiger partial charge < -0.3 is 10.4 Å². The number of carboxylic acid groups (broad SMARTS) is 1. The molecule has 0 aliphatic heterocycles. The minimum Gasteiger partial charge on any atom is -0.481 e. The predicted molar refractivity (Wildman–Crippen MR) is 75.4 cm³/mol. The molecule has 1 unspecified atom stereocenters. The number of anilines is 1. The zero-order valence-corrected chi connectivity index (χ0v) is 12.2. The second kappa shape index (κ2) is 5.61. The molecule has 0 saturated heterocycles. The van der Waals surface area contributed by atoms with E-state index in [0.29, 0.717) is 10.7 Å². The summed E-state index contributed by atoms with van der Waals surface area (Å²) in [5.74, 6) is -2.80. The van der Waals surface area contributed by atoms with E-state index in [0.717, 1.165) is 5.56 Å². The first-order valence-electron chi connectivity index (χ1n) is 5.92. The third-order valence-electron chi connectivity index (χ3n) is 2.81. The Morgan fingerprint density at radius 3 is 2.32 bits per heavy atom. The quantitative estimate of drug-likeness (QED) is 0.836. The first-order valence-corrected chi connectivity index (χ1v) is 6.30. The summed E-state index contributed by atoms with van der Waals surface area (Å²) in [6, 6.07) is 5.07.